The summed E-state index contributed by atoms with van der Waals surface area (Å²) in [6, 6.07) is 1.35. The lowest BCUT2D eigenvalue weighted by molar-refractivity contribution is 0.102. The molecule has 0 saturated carbocycles. The predicted octanol–water partition coefficient (Wildman–Crippen LogP) is 3.06. The van der Waals surface area contributed by atoms with E-state index in [1.165, 1.54) is 23.6 Å². The minimum absolute atomic E-state index is 0.0496. The molecular weight excluding hydrogens is 279 g/mol. The molecule has 1 amide bonds. The first-order valence-corrected chi connectivity index (χ1v) is 7.11. The van der Waals surface area contributed by atoms with E-state index >= 15 is 0 Å². The van der Waals surface area contributed by atoms with Gasteiger partial charge >= 0.3 is 0 Å². The number of carbonyl (C=O) groups is 1. The first kappa shape index (κ1) is 14.4. The molecule has 0 aliphatic rings. The van der Waals surface area contributed by atoms with Crippen LogP contribution in [0.15, 0.2) is 17.6 Å². The van der Waals surface area contributed by atoms with Gasteiger partial charge in [-0.15, -0.1) is 11.3 Å². The first-order chi connectivity index (χ1) is 9.61. The fraction of sp³-hybridized carbons (Fsp3) is 0.308. The van der Waals surface area contributed by atoms with E-state index in [9.17, 15) is 9.18 Å². The molecule has 20 heavy (non-hydrogen) atoms. The van der Waals surface area contributed by atoms with Gasteiger partial charge in [0.25, 0.3) is 5.91 Å². The van der Waals surface area contributed by atoms with Crippen molar-refractivity contribution in [3.8, 4) is 0 Å². The molecule has 2 heterocycles. The summed E-state index contributed by atoms with van der Waals surface area (Å²) in [7, 11) is 0. The Morgan fingerprint density at radius 2 is 2.30 bits per heavy atom. The minimum Gasteiger partial charge on any atom is -0.368 e. The molecule has 5 nitrogen and oxygen atoms in total. The summed E-state index contributed by atoms with van der Waals surface area (Å²) in [5.41, 5.74) is 0.761. The van der Waals surface area contributed by atoms with Gasteiger partial charge in [0, 0.05) is 18.1 Å². The van der Waals surface area contributed by atoms with Crippen molar-refractivity contribution in [1.29, 1.82) is 0 Å². The number of halogens is 1. The lowest BCUT2D eigenvalue weighted by atomic mass is 10.2. The summed E-state index contributed by atoms with van der Waals surface area (Å²) in [6.07, 6.45) is 2.25. The molecule has 0 saturated heterocycles. The lowest BCUT2D eigenvalue weighted by Gasteiger charge is -2.08. The number of hydrogen-bond acceptors (Lipinski definition) is 5. The Morgan fingerprint density at radius 1 is 1.50 bits per heavy atom. The summed E-state index contributed by atoms with van der Waals surface area (Å²) in [5.74, 6) is -1.08. The molecule has 0 fully saturated rings. The SMILES string of the molecule is CCCNc1nccc(C(=O)Nc2nc(C)cs2)c1F. The molecule has 0 atom stereocenters. The van der Waals surface area contributed by atoms with Crippen molar-refractivity contribution in [3.63, 3.8) is 0 Å². The second-order valence-electron chi connectivity index (χ2n) is 4.20. The van der Waals surface area contributed by atoms with Gasteiger partial charge in [0.05, 0.1) is 11.3 Å². The third-order valence-corrected chi connectivity index (χ3v) is 3.39. The quantitative estimate of drug-likeness (QED) is 0.889. The van der Waals surface area contributed by atoms with Crippen LogP contribution in [0.1, 0.15) is 29.4 Å². The highest BCUT2D eigenvalue weighted by Crippen LogP contribution is 2.19. The highest BCUT2D eigenvalue weighted by Gasteiger charge is 2.16. The zero-order chi connectivity index (χ0) is 14.5. The second kappa shape index (κ2) is 6.42. The highest BCUT2D eigenvalue weighted by molar-refractivity contribution is 7.13. The molecule has 0 aliphatic heterocycles. The number of nitrogens with one attached hydrogen (secondary N) is 2. The van der Waals surface area contributed by atoms with Crippen molar-refractivity contribution < 1.29 is 9.18 Å². The van der Waals surface area contributed by atoms with Crippen LogP contribution in [-0.2, 0) is 0 Å². The zero-order valence-corrected chi connectivity index (χ0v) is 12.1. The van der Waals surface area contributed by atoms with Crippen molar-refractivity contribution in [2.45, 2.75) is 20.3 Å². The molecule has 0 spiro atoms. The Balaban J connectivity index is 2.17. The number of nitrogens with zero attached hydrogens (tertiary/aromatic N) is 2. The number of anilines is 2. The van der Waals surface area contributed by atoms with Crippen LogP contribution in [0.4, 0.5) is 15.3 Å². The number of rotatable bonds is 5. The summed E-state index contributed by atoms with van der Waals surface area (Å²) >= 11 is 1.30. The molecule has 2 aromatic heterocycles. The van der Waals surface area contributed by atoms with Crippen LogP contribution in [0.25, 0.3) is 0 Å². The maximum Gasteiger partial charge on any atom is 0.260 e. The molecule has 0 unspecified atom stereocenters. The fourth-order valence-corrected chi connectivity index (χ4v) is 2.24. The van der Waals surface area contributed by atoms with Gasteiger partial charge in [-0.2, -0.15) is 0 Å². The van der Waals surface area contributed by atoms with Gasteiger partial charge in [0.1, 0.15) is 0 Å². The Kier molecular flexibility index (Phi) is 4.62. The van der Waals surface area contributed by atoms with Gasteiger partial charge in [-0.25, -0.2) is 14.4 Å². The van der Waals surface area contributed by atoms with Crippen LogP contribution in [0.2, 0.25) is 0 Å². The average Bonchev–Trinajstić information content (AvgIpc) is 2.83. The summed E-state index contributed by atoms with van der Waals surface area (Å²) < 4.78 is 14.2. The standard InChI is InChI=1S/C13H15FN4OS/c1-3-5-15-11-10(14)9(4-6-16-11)12(19)18-13-17-8(2)7-20-13/h4,6-7H,3,5H2,1-2H3,(H,15,16)(H,17,18,19). The number of thiazole rings is 1. The first-order valence-electron chi connectivity index (χ1n) is 6.23. The number of aromatic nitrogens is 2. The number of pyridine rings is 1. The van der Waals surface area contributed by atoms with Gasteiger partial charge in [-0.1, -0.05) is 6.92 Å². The van der Waals surface area contributed by atoms with E-state index in [0.717, 1.165) is 12.1 Å². The van der Waals surface area contributed by atoms with Crippen molar-refractivity contribution in [2.24, 2.45) is 0 Å². The third kappa shape index (κ3) is 3.30. The molecular formula is C13H15FN4OS. The van der Waals surface area contributed by atoms with E-state index in [1.807, 2.05) is 19.2 Å². The van der Waals surface area contributed by atoms with Crippen molar-refractivity contribution >= 4 is 28.2 Å². The van der Waals surface area contributed by atoms with E-state index in [4.69, 9.17) is 0 Å². The number of carbonyl (C=O) groups excluding carboxylic acids is 1. The Hall–Kier alpha value is -2.02. The monoisotopic (exact) mass is 294 g/mol. The topological polar surface area (TPSA) is 66.9 Å². The Labute approximate surface area is 120 Å². The number of hydrogen-bond donors (Lipinski definition) is 2. The zero-order valence-electron chi connectivity index (χ0n) is 11.2. The highest BCUT2D eigenvalue weighted by atomic mass is 32.1. The van der Waals surface area contributed by atoms with E-state index in [0.29, 0.717) is 11.7 Å². The molecule has 0 aliphatic carbocycles. The normalized spacial score (nSPS) is 10.3. The van der Waals surface area contributed by atoms with Crippen LogP contribution < -0.4 is 10.6 Å². The van der Waals surface area contributed by atoms with E-state index in [1.54, 1.807) is 0 Å². The van der Waals surface area contributed by atoms with E-state index in [2.05, 4.69) is 20.6 Å². The fourth-order valence-electron chi connectivity index (χ4n) is 1.56. The molecule has 0 aromatic carbocycles. The number of amides is 1. The molecule has 2 aromatic rings. The van der Waals surface area contributed by atoms with Gasteiger partial charge in [-0.3, -0.25) is 10.1 Å². The molecule has 106 valence electrons. The maximum atomic E-state index is 14.2. The van der Waals surface area contributed by atoms with E-state index < -0.39 is 11.7 Å². The van der Waals surface area contributed by atoms with Crippen molar-refractivity contribution in [2.75, 3.05) is 17.2 Å². The van der Waals surface area contributed by atoms with Gasteiger partial charge < -0.3 is 5.32 Å². The van der Waals surface area contributed by atoms with Crippen LogP contribution in [0.5, 0.6) is 0 Å². The lowest BCUT2D eigenvalue weighted by Crippen LogP contribution is -2.16. The molecule has 7 heteroatoms. The summed E-state index contributed by atoms with van der Waals surface area (Å²) in [6.45, 7) is 4.39. The smallest absolute Gasteiger partial charge is 0.260 e. The summed E-state index contributed by atoms with van der Waals surface area (Å²) in [4.78, 5) is 20.0. The second-order valence-corrected chi connectivity index (χ2v) is 5.05. The number of aryl methyl sites for hydroxylation is 1. The molecule has 0 bridgehead atoms. The maximum absolute atomic E-state index is 14.2. The molecule has 2 rings (SSSR count). The third-order valence-electron chi connectivity index (χ3n) is 2.52. The van der Waals surface area contributed by atoms with Crippen molar-refractivity contribution in [1.82, 2.24) is 9.97 Å². The predicted molar refractivity (Wildman–Crippen MR) is 77.8 cm³/mol. The van der Waals surface area contributed by atoms with Gasteiger partial charge in [0.2, 0.25) is 0 Å². The largest absolute Gasteiger partial charge is 0.368 e. The van der Waals surface area contributed by atoms with Crippen LogP contribution in [0.3, 0.4) is 0 Å². The van der Waals surface area contributed by atoms with Gasteiger partial charge in [0.15, 0.2) is 16.8 Å². The Morgan fingerprint density at radius 3 is 2.95 bits per heavy atom. The average molecular weight is 294 g/mol. The van der Waals surface area contributed by atoms with Crippen molar-refractivity contribution in [3.05, 3.63) is 34.7 Å². The van der Waals surface area contributed by atoms with E-state index in [-0.39, 0.29) is 11.4 Å². The van der Waals surface area contributed by atoms with Crippen LogP contribution in [-0.4, -0.2) is 22.4 Å². The Bertz CT molecular complexity index is 614. The van der Waals surface area contributed by atoms with Gasteiger partial charge in [-0.05, 0) is 19.4 Å². The van der Waals surface area contributed by atoms with Crippen LogP contribution >= 0.6 is 11.3 Å². The minimum atomic E-state index is -0.647. The molecule has 2 N–H and O–H groups in total. The van der Waals surface area contributed by atoms with Crippen LogP contribution in [0, 0.1) is 12.7 Å². The molecule has 0 radical (unpaired) electrons. The summed E-state index contributed by atoms with van der Waals surface area (Å²) in [5, 5.41) is 7.69.